The predicted octanol–water partition coefficient (Wildman–Crippen LogP) is 7.18. The molecule has 30 heteroatoms. The number of nitrogens with one attached hydrogen (secondary N) is 1. The molecule has 0 spiro atoms. The number of aliphatic carboxylic acids is 3. The second-order valence-electron chi connectivity index (χ2n) is 21.9. The van der Waals surface area contributed by atoms with E-state index in [1.54, 1.807) is 43.1 Å². The Labute approximate surface area is 583 Å². The molecule has 0 aliphatic rings. The third-order valence-electron chi connectivity index (χ3n) is 13.9. The lowest BCUT2D eigenvalue weighted by Gasteiger charge is -2.12. The number of nitrogens with two attached hydrogens (primary N) is 5. The highest BCUT2D eigenvalue weighted by Gasteiger charge is 2.16. The summed E-state index contributed by atoms with van der Waals surface area (Å²) in [5.74, 6) is -1.77. The number of carboxylic acids is 3. The van der Waals surface area contributed by atoms with Gasteiger partial charge in [0.25, 0.3) is 0 Å². The monoisotopic (exact) mass is 1430 g/mol. The van der Waals surface area contributed by atoms with Crippen molar-refractivity contribution < 1.29 is 106 Å². The molecule has 98 heavy (non-hydrogen) atoms. The molecular weight excluding hydrogens is 1330 g/mol. The topological polar surface area (TPSA) is 557 Å². The lowest BCUT2D eigenvalue weighted by Crippen LogP contribution is -2.16. The SMILES string of the molecule is CNCC(O)c1ccc(O)c(O)c1.NCC(O)c1cc(O)c(O)c(CSCC(=O)O)c1.NCC(O)c1ccc(O)c(O)c1.NCCc1cc(O)c(O)c(CSCCC(=O)O)c1.NCCc1cc(O)c(O)c(CSCCCCCCCCCCC(=O)O)c1.NCCc1ccc(O)c(O)c1. The summed E-state index contributed by atoms with van der Waals surface area (Å²) in [6.45, 7) is 2.02. The number of aliphatic hydroxyl groups excluding tert-OH is 3. The van der Waals surface area contributed by atoms with E-state index in [0.29, 0.717) is 96.9 Å². The summed E-state index contributed by atoms with van der Waals surface area (Å²) < 4.78 is 0. The van der Waals surface area contributed by atoms with Gasteiger partial charge < -0.3 is 126 Å². The average molecular weight is 1430 g/mol. The van der Waals surface area contributed by atoms with Crippen LogP contribution in [0.1, 0.15) is 133 Å². The molecule has 0 bridgehead atoms. The van der Waals surface area contributed by atoms with E-state index < -0.39 is 36.2 Å². The van der Waals surface area contributed by atoms with Gasteiger partial charge in [0.1, 0.15) is 0 Å². The van der Waals surface area contributed by atoms with E-state index in [9.17, 15) is 60.3 Å². The number of likely N-dealkylation sites (N-methyl/N-ethyl adjacent to an activating group) is 1. The lowest BCUT2D eigenvalue weighted by molar-refractivity contribution is -0.137. The predicted molar refractivity (Wildman–Crippen MR) is 381 cm³/mol. The molecule has 3 unspecified atom stereocenters. The zero-order valence-electron chi connectivity index (χ0n) is 55.0. The van der Waals surface area contributed by atoms with Crippen molar-refractivity contribution in [1.29, 1.82) is 0 Å². The number of aliphatic hydroxyl groups is 3. The van der Waals surface area contributed by atoms with Crippen LogP contribution in [-0.2, 0) is 50.9 Å². The largest absolute Gasteiger partial charge is 0.504 e. The fraction of sp³-hybridized carbons (Fsp3) is 0.426. The third-order valence-corrected chi connectivity index (χ3v) is 16.9. The quantitative estimate of drug-likeness (QED) is 0.0138. The van der Waals surface area contributed by atoms with Gasteiger partial charge in [-0.25, -0.2) is 0 Å². The van der Waals surface area contributed by atoms with E-state index in [4.69, 9.17) is 74.6 Å². The van der Waals surface area contributed by atoms with Crippen LogP contribution < -0.4 is 34.0 Å². The fourth-order valence-electron chi connectivity index (χ4n) is 8.61. The van der Waals surface area contributed by atoms with E-state index in [2.05, 4.69) is 5.32 Å². The number of phenolic OH excluding ortho intramolecular Hbond substituents is 12. The Hall–Kier alpha value is -7.98. The normalized spacial score (nSPS) is 11.5. The van der Waals surface area contributed by atoms with Crippen LogP contribution in [0.15, 0.2) is 91.0 Å². The molecule has 29 N–H and O–H groups in total. The summed E-state index contributed by atoms with van der Waals surface area (Å²) in [6.07, 6.45) is 8.93. The third kappa shape index (κ3) is 36.6. The summed E-state index contributed by atoms with van der Waals surface area (Å²) in [4.78, 5) is 31.1. The van der Waals surface area contributed by atoms with Crippen LogP contribution in [0.2, 0.25) is 0 Å². The van der Waals surface area contributed by atoms with E-state index in [1.807, 2.05) is 6.07 Å². The number of thioether (sulfide) groups is 3. The second-order valence-corrected chi connectivity index (χ2v) is 25.1. The van der Waals surface area contributed by atoms with Gasteiger partial charge in [0.05, 0.1) is 30.5 Å². The molecule has 0 aromatic heterocycles. The zero-order valence-corrected chi connectivity index (χ0v) is 57.4. The van der Waals surface area contributed by atoms with Gasteiger partial charge in [-0.3, -0.25) is 14.4 Å². The minimum Gasteiger partial charge on any atom is -0.504 e. The van der Waals surface area contributed by atoms with Crippen LogP contribution in [0, 0.1) is 0 Å². The maximum Gasteiger partial charge on any atom is 0.313 e. The highest BCUT2D eigenvalue weighted by molar-refractivity contribution is 7.99. The Bertz CT molecular complexity index is 3300. The van der Waals surface area contributed by atoms with Crippen LogP contribution in [0.4, 0.5) is 0 Å². The van der Waals surface area contributed by atoms with Crippen molar-refractivity contribution in [2.24, 2.45) is 28.7 Å². The number of carbonyl (C=O) groups is 3. The van der Waals surface area contributed by atoms with Crippen molar-refractivity contribution in [2.45, 2.75) is 119 Å². The summed E-state index contributed by atoms with van der Waals surface area (Å²) in [6, 6.07) is 22.6. The Morgan fingerprint density at radius 2 is 0.745 bits per heavy atom. The molecule has 0 radical (unpaired) electrons. The van der Waals surface area contributed by atoms with Gasteiger partial charge in [0.2, 0.25) is 0 Å². The van der Waals surface area contributed by atoms with Crippen LogP contribution in [-0.4, -0.2) is 173 Å². The zero-order chi connectivity index (χ0) is 73.7. The lowest BCUT2D eigenvalue weighted by atomic mass is 10.1. The highest BCUT2D eigenvalue weighted by Crippen LogP contribution is 2.37. The number of hydrogen-bond donors (Lipinski definition) is 24. The van der Waals surface area contributed by atoms with Crippen molar-refractivity contribution in [3.63, 3.8) is 0 Å². The molecule has 0 fully saturated rings. The first-order valence-corrected chi connectivity index (χ1v) is 34.8. The molecule has 3 atom stereocenters. The van der Waals surface area contributed by atoms with Crippen molar-refractivity contribution in [3.8, 4) is 69.0 Å². The minimum absolute atomic E-state index is 0.00801. The molecular formula is C68H100N6O21S3. The standard InChI is InChI=1S/C20H33NO4S.C12H17NO4S.C11H15NO5S.C9H13NO3.C8H11NO3.C8H11NO2/c21-11-10-16-13-17(20(25)18(22)14-16)15-26-12-8-6-4-2-1-3-5-7-9-19(23)24;13-3-1-8-5-9(12(17)10(14)6-8)7-18-4-2-11(15)16;12-3-9(14)6-1-7(4-18-5-10(15)16)11(17)8(13)2-6;1-10-5-9(13)6-2-3-7(11)8(12)4-6;9-4-8(12)5-1-2-6(10)7(11)3-5;9-4-3-6-1-2-7(10)8(11)5-6/h13-14,22,25H,1-12,15,21H2,(H,23,24);5-6,14,17H,1-4,7,13H2,(H,15,16);1-2,9,13-14,17H,3-5,12H2,(H,15,16);2-4,9-13H,5H2,1H3;1-3,8,10-12H,4,9H2;1-2,5,10-11H,3-4,9H2. The van der Waals surface area contributed by atoms with E-state index in [1.165, 1.54) is 98.1 Å². The molecule has 27 nitrogen and oxygen atoms in total. The molecule has 0 saturated heterocycles. The van der Waals surface area contributed by atoms with Crippen LogP contribution in [0.5, 0.6) is 69.0 Å². The van der Waals surface area contributed by atoms with Gasteiger partial charge in [0.15, 0.2) is 69.0 Å². The van der Waals surface area contributed by atoms with Crippen molar-refractivity contribution in [3.05, 3.63) is 141 Å². The number of hydrogen-bond acceptors (Lipinski definition) is 27. The smallest absolute Gasteiger partial charge is 0.313 e. The molecule has 0 heterocycles. The van der Waals surface area contributed by atoms with Crippen LogP contribution in [0.25, 0.3) is 0 Å². The fourth-order valence-corrected chi connectivity index (χ4v) is 11.2. The molecule has 0 amide bonds. The Morgan fingerprint density at radius 3 is 1.17 bits per heavy atom. The van der Waals surface area contributed by atoms with E-state index in [0.717, 1.165) is 65.5 Å². The van der Waals surface area contributed by atoms with Gasteiger partial charge in [-0.1, -0.05) is 68.9 Å². The van der Waals surface area contributed by atoms with Gasteiger partial charge in [-0.15, -0.1) is 11.8 Å². The van der Waals surface area contributed by atoms with E-state index >= 15 is 0 Å². The number of unbranched alkanes of at least 4 members (excludes halogenated alkanes) is 7. The first-order valence-electron chi connectivity index (χ1n) is 31.3. The summed E-state index contributed by atoms with van der Waals surface area (Å²) in [5, 5.41) is 169. The Kier molecular flexibility index (Phi) is 45.2. The number of phenols is 12. The van der Waals surface area contributed by atoms with Crippen molar-refractivity contribution >= 4 is 53.2 Å². The minimum atomic E-state index is -0.957. The summed E-state index contributed by atoms with van der Waals surface area (Å²) in [5.41, 5.74) is 32.8. The first-order chi connectivity index (χ1) is 46.6. The van der Waals surface area contributed by atoms with Crippen LogP contribution >= 0.6 is 35.3 Å². The summed E-state index contributed by atoms with van der Waals surface area (Å²) in [7, 11) is 1.73. The van der Waals surface area contributed by atoms with Crippen molar-refractivity contribution in [2.75, 3.05) is 63.6 Å². The van der Waals surface area contributed by atoms with Gasteiger partial charge in [-0.05, 0) is 159 Å². The summed E-state index contributed by atoms with van der Waals surface area (Å²) >= 11 is 4.26. The van der Waals surface area contributed by atoms with Gasteiger partial charge >= 0.3 is 17.9 Å². The Morgan fingerprint density at radius 1 is 0.378 bits per heavy atom. The average Bonchev–Trinajstić information content (AvgIpc) is 0.870. The van der Waals surface area contributed by atoms with Gasteiger partial charge in [-0.2, -0.15) is 23.5 Å². The number of benzene rings is 6. The molecule has 6 aromatic carbocycles. The van der Waals surface area contributed by atoms with E-state index in [-0.39, 0.29) is 100 Å². The molecule has 0 aliphatic carbocycles. The van der Waals surface area contributed by atoms with Crippen molar-refractivity contribution in [1.82, 2.24) is 5.32 Å². The number of carboxylic acid groups (broad SMARTS) is 3. The second kappa shape index (κ2) is 50.4. The van der Waals surface area contributed by atoms with Crippen LogP contribution in [0.3, 0.4) is 0 Å². The van der Waals surface area contributed by atoms with Gasteiger partial charge in [0, 0.05) is 65.8 Å². The first kappa shape index (κ1) is 88.0. The highest BCUT2D eigenvalue weighted by atomic mass is 32.2. The maximum absolute atomic E-state index is 10.4. The molecule has 0 saturated carbocycles. The number of rotatable bonds is 35. The molecule has 6 aromatic rings. The maximum atomic E-state index is 10.4. The molecule has 546 valence electrons. The molecule has 6 rings (SSSR count). The Balaban J connectivity index is 0.000000603. The molecule has 0 aliphatic heterocycles. The number of aromatic hydroxyl groups is 12.